The second-order valence-electron chi connectivity index (χ2n) is 4.88. The Morgan fingerprint density at radius 3 is 2.33 bits per heavy atom. The Kier molecular flexibility index (Phi) is 8.07. The van der Waals surface area contributed by atoms with Gasteiger partial charge in [-0.15, -0.1) is 0 Å². The normalized spacial score (nSPS) is 17.4. The summed E-state index contributed by atoms with van der Waals surface area (Å²) in [6.45, 7) is 9.20. The first-order valence-electron chi connectivity index (χ1n) is 6.51. The number of hydrogen-bond acceptors (Lipinski definition) is 2. The molecule has 0 bridgehead atoms. The van der Waals surface area contributed by atoms with Gasteiger partial charge in [-0.1, -0.05) is 40.0 Å². The Bertz CT molecular complexity index is 145. The summed E-state index contributed by atoms with van der Waals surface area (Å²) in [4.78, 5) is 0. The van der Waals surface area contributed by atoms with E-state index in [4.69, 9.17) is 0 Å². The molecular weight excluding hydrogens is 186 g/mol. The van der Waals surface area contributed by atoms with Crippen LogP contribution in [-0.2, 0) is 0 Å². The predicted molar refractivity (Wildman–Crippen MR) is 67.1 cm³/mol. The lowest BCUT2D eigenvalue weighted by Crippen LogP contribution is -2.42. The van der Waals surface area contributed by atoms with Crippen LogP contribution in [-0.4, -0.2) is 23.3 Å². The van der Waals surface area contributed by atoms with E-state index >= 15 is 0 Å². The summed E-state index contributed by atoms with van der Waals surface area (Å²) in [5.74, 6) is 0. The minimum absolute atomic E-state index is 0.533. The zero-order chi connectivity index (χ0) is 11.7. The van der Waals surface area contributed by atoms with Gasteiger partial charge >= 0.3 is 0 Å². The molecule has 15 heavy (non-hydrogen) atoms. The molecule has 0 aliphatic carbocycles. The Labute approximate surface area is 95.5 Å². The largest absolute Gasteiger partial charge is 0.389 e. The quantitative estimate of drug-likeness (QED) is 0.619. The van der Waals surface area contributed by atoms with E-state index in [1.807, 2.05) is 6.92 Å². The van der Waals surface area contributed by atoms with E-state index in [0.29, 0.717) is 6.04 Å². The highest BCUT2D eigenvalue weighted by atomic mass is 16.3. The molecular formula is C13H29NO. The fraction of sp³-hybridized carbons (Fsp3) is 1.00. The average molecular weight is 215 g/mol. The molecule has 2 N–H and O–H groups in total. The van der Waals surface area contributed by atoms with Gasteiger partial charge in [0, 0.05) is 12.6 Å². The number of unbranched alkanes of at least 4 members (excludes halogenated alkanes) is 1. The molecule has 92 valence electrons. The Balaban J connectivity index is 3.77. The van der Waals surface area contributed by atoms with Gasteiger partial charge in [-0.2, -0.15) is 0 Å². The minimum Gasteiger partial charge on any atom is -0.389 e. The fourth-order valence-corrected chi connectivity index (χ4v) is 1.89. The SMILES string of the molecule is CCCCC(CC)NCC(C)(O)CCC. The van der Waals surface area contributed by atoms with Crippen molar-refractivity contribution in [2.45, 2.75) is 77.9 Å². The van der Waals surface area contributed by atoms with Crippen molar-refractivity contribution >= 4 is 0 Å². The van der Waals surface area contributed by atoms with E-state index in [9.17, 15) is 5.11 Å². The standard InChI is InChI=1S/C13H29NO/c1-5-8-9-12(7-3)14-11-13(4,15)10-6-2/h12,14-15H,5-11H2,1-4H3. The van der Waals surface area contributed by atoms with Gasteiger partial charge in [0.25, 0.3) is 0 Å². The highest BCUT2D eigenvalue weighted by molar-refractivity contribution is 4.77. The Morgan fingerprint density at radius 1 is 1.20 bits per heavy atom. The molecule has 0 radical (unpaired) electrons. The van der Waals surface area contributed by atoms with E-state index in [2.05, 4.69) is 26.1 Å². The van der Waals surface area contributed by atoms with Gasteiger partial charge in [0.15, 0.2) is 0 Å². The first kappa shape index (κ1) is 14.9. The first-order chi connectivity index (χ1) is 7.05. The smallest absolute Gasteiger partial charge is 0.0743 e. The molecule has 2 heteroatoms. The van der Waals surface area contributed by atoms with Gasteiger partial charge < -0.3 is 10.4 Å². The lowest BCUT2D eigenvalue weighted by Gasteiger charge is -2.26. The maximum atomic E-state index is 10.0. The fourth-order valence-electron chi connectivity index (χ4n) is 1.89. The minimum atomic E-state index is -0.533. The molecule has 0 aromatic heterocycles. The maximum Gasteiger partial charge on any atom is 0.0743 e. The third-order valence-corrected chi connectivity index (χ3v) is 2.96. The summed E-state index contributed by atoms with van der Waals surface area (Å²) >= 11 is 0. The first-order valence-corrected chi connectivity index (χ1v) is 6.51. The third-order valence-electron chi connectivity index (χ3n) is 2.96. The van der Waals surface area contributed by atoms with Crippen LogP contribution in [0.4, 0.5) is 0 Å². The number of nitrogens with one attached hydrogen (secondary N) is 1. The summed E-state index contributed by atoms with van der Waals surface area (Å²) in [6, 6.07) is 0.577. The van der Waals surface area contributed by atoms with Crippen molar-refractivity contribution in [2.75, 3.05) is 6.54 Å². The molecule has 0 aliphatic heterocycles. The molecule has 2 atom stereocenters. The summed E-state index contributed by atoms with van der Waals surface area (Å²) in [7, 11) is 0. The van der Waals surface area contributed by atoms with E-state index in [-0.39, 0.29) is 0 Å². The van der Waals surface area contributed by atoms with Crippen LogP contribution in [0.3, 0.4) is 0 Å². The highest BCUT2D eigenvalue weighted by Crippen LogP contribution is 2.12. The van der Waals surface area contributed by atoms with Crippen LogP contribution in [0.15, 0.2) is 0 Å². The summed E-state index contributed by atoms with van der Waals surface area (Å²) in [5.41, 5.74) is -0.533. The lowest BCUT2D eigenvalue weighted by molar-refractivity contribution is 0.0466. The average Bonchev–Trinajstić information content (AvgIpc) is 2.18. The van der Waals surface area contributed by atoms with Gasteiger partial charge in [-0.3, -0.25) is 0 Å². The highest BCUT2D eigenvalue weighted by Gasteiger charge is 2.19. The monoisotopic (exact) mass is 215 g/mol. The van der Waals surface area contributed by atoms with Crippen LogP contribution in [0.2, 0.25) is 0 Å². The van der Waals surface area contributed by atoms with E-state index in [1.54, 1.807) is 0 Å². The molecule has 0 rings (SSSR count). The van der Waals surface area contributed by atoms with Crippen molar-refractivity contribution in [1.29, 1.82) is 0 Å². The van der Waals surface area contributed by atoms with Gasteiger partial charge in [-0.05, 0) is 26.2 Å². The number of hydrogen-bond donors (Lipinski definition) is 2. The zero-order valence-electron chi connectivity index (χ0n) is 11.0. The summed E-state index contributed by atoms with van der Waals surface area (Å²) in [5, 5.41) is 13.5. The van der Waals surface area contributed by atoms with Crippen LogP contribution in [0, 0.1) is 0 Å². The van der Waals surface area contributed by atoms with Crippen molar-refractivity contribution in [2.24, 2.45) is 0 Å². The van der Waals surface area contributed by atoms with Crippen molar-refractivity contribution < 1.29 is 5.11 Å². The van der Waals surface area contributed by atoms with Gasteiger partial charge in [-0.25, -0.2) is 0 Å². The van der Waals surface area contributed by atoms with Gasteiger partial charge in [0.1, 0.15) is 0 Å². The molecule has 0 saturated carbocycles. The summed E-state index contributed by atoms with van der Waals surface area (Å²) < 4.78 is 0. The molecule has 0 aliphatic rings. The zero-order valence-corrected chi connectivity index (χ0v) is 11.0. The maximum absolute atomic E-state index is 10.0. The van der Waals surface area contributed by atoms with Crippen molar-refractivity contribution in [3.8, 4) is 0 Å². The summed E-state index contributed by atoms with van der Waals surface area (Å²) in [6.07, 6.45) is 6.84. The second-order valence-corrected chi connectivity index (χ2v) is 4.88. The van der Waals surface area contributed by atoms with Crippen LogP contribution >= 0.6 is 0 Å². The molecule has 0 heterocycles. The van der Waals surface area contributed by atoms with Gasteiger partial charge in [0.2, 0.25) is 0 Å². The molecule has 0 aromatic rings. The Morgan fingerprint density at radius 2 is 1.87 bits per heavy atom. The molecule has 0 amide bonds. The molecule has 0 aromatic carbocycles. The number of aliphatic hydroxyl groups is 1. The van der Waals surface area contributed by atoms with Crippen molar-refractivity contribution in [3.05, 3.63) is 0 Å². The van der Waals surface area contributed by atoms with E-state index < -0.39 is 5.60 Å². The van der Waals surface area contributed by atoms with Crippen LogP contribution in [0.5, 0.6) is 0 Å². The molecule has 2 unspecified atom stereocenters. The second kappa shape index (κ2) is 8.12. The third kappa shape index (κ3) is 7.80. The topological polar surface area (TPSA) is 32.3 Å². The Hall–Kier alpha value is -0.0800. The lowest BCUT2D eigenvalue weighted by atomic mass is 9.99. The van der Waals surface area contributed by atoms with Crippen LogP contribution in [0.1, 0.15) is 66.2 Å². The molecule has 2 nitrogen and oxygen atoms in total. The van der Waals surface area contributed by atoms with Crippen LogP contribution in [0.25, 0.3) is 0 Å². The predicted octanol–water partition coefficient (Wildman–Crippen LogP) is 3.10. The number of rotatable bonds is 9. The van der Waals surface area contributed by atoms with E-state index in [1.165, 1.54) is 19.3 Å². The molecule has 0 saturated heterocycles. The molecule has 0 fully saturated rings. The van der Waals surface area contributed by atoms with Crippen LogP contribution < -0.4 is 5.32 Å². The van der Waals surface area contributed by atoms with E-state index in [0.717, 1.165) is 25.8 Å². The molecule has 0 spiro atoms. The van der Waals surface area contributed by atoms with Crippen molar-refractivity contribution in [3.63, 3.8) is 0 Å². The van der Waals surface area contributed by atoms with Crippen molar-refractivity contribution in [1.82, 2.24) is 5.32 Å². The van der Waals surface area contributed by atoms with Gasteiger partial charge in [0.05, 0.1) is 5.60 Å².